The Kier molecular flexibility index (Phi) is 8.29. The van der Waals surface area contributed by atoms with E-state index in [1.165, 1.54) is 10.2 Å². The zero-order chi connectivity index (χ0) is 24.0. The van der Waals surface area contributed by atoms with Gasteiger partial charge in [-0.05, 0) is 57.1 Å². The van der Waals surface area contributed by atoms with E-state index in [0.29, 0.717) is 37.2 Å². The van der Waals surface area contributed by atoms with E-state index >= 15 is 0 Å². The van der Waals surface area contributed by atoms with E-state index in [4.69, 9.17) is 0 Å². The Bertz CT molecular complexity index is 942. The van der Waals surface area contributed by atoms with E-state index in [2.05, 4.69) is 34.3 Å². The Morgan fingerprint density at radius 2 is 1.53 bits per heavy atom. The Morgan fingerprint density at radius 1 is 0.853 bits per heavy atom. The van der Waals surface area contributed by atoms with Crippen LogP contribution >= 0.6 is 0 Å². The van der Waals surface area contributed by atoms with Crippen LogP contribution in [-0.4, -0.2) is 51.7 Å². The zero-order valence-electron chi connectivity index (χ0n) is 19.8. The van der Waals surface area contributed by atoms with Gasteiger partial charge in [0, 0.05) is 37.4 Å². The zero-order valence-corrected chi connectivity index (χ0v) is 19.8. The second-order valence-electron chi connectivity index (χ2n) is 9.55. The van der Waals surface area contributed by atoms with Crippen LogP contribution in [0.2, 0.25) is 0 Å². The highest BCUT2D eigenvalue weighted by atomic mass is 19.4. The molecule has 0 N–H and O–H groups in total. The number of benzene rings is 1. The van der Waals surface area contributed by atoms with Gasteiger partial charge in [-0.2, -0.15) is 18.3 Å². The van der Waals surface area contributed by atoms with E-state index in [0.717, 1.165) is 64.6 Å². The maximum Gasteiger partial charge on any atom is 0.435 e. The van der Waals surface area contributed by atoms with Gasteiger partial charge in [0.05, 0.1) is 0 Å². The minimum Gasteiger partial charge on any atom is -0.341 e. The van der Waals surface area contributed by atoms with Crippen molar-refractivity contribution in [2.75, 3.05) is 26.2 Å². The van der Waals surface area contributed by atoms with Gasteiger partial charge in [-0.15, -0.1) is 0 Å². The fraction of sp³-hybridized carbons (Fsp3) is 0.615. The summed E-state index contributed by atoms with van der Waals surface area (Å²) < 4.78 is 41.9. The van der Waals surface area contributed by atoms with E-state index in [1.54, 1.807) is 0 Å². The summed E-state index contributed by atoms with van der Waals surface area (Å²) in [5.74, 6) is -0.126. The molecular formula is C26H35F3N4O. The van der Waals surface area contributed by atoms with Crippen molar-refractivity contribution in [2.45, 2.75) is 77.1 Å². The van der Waals surface area contributed by atoms with Crippen molar-refractivity contribution in [3.8, 4) is 0 Å². The summed E-state index contributed by atoms with van der Waals surface area (Å²) in [7, 11) is 0. The van der Waals surface area contributed by atoms with Gasteiger partial charge < -0.3 is 4.90 Å². The van der Waals surface area contributed by atoms with Crippen LogP contribution in [0.3, 0.4) is 0 Å². The Hall–Kier alpha value is -2.35. The third-order valence-electron chi connectivity index (χ3n) is 6.97. The smallest absolute Gasteiger partial charge is 0.341 e. The second-order valence-corrected chi connectivity index (χ2v) is 9.55. The van der Waals surface area contributed by atoms with Crippen molar-refractivity contribution in [2.24, 2.45) is 0 Å². The average Bonchev–Trinajstić information content (AvgIpc) is 3.16. The number of nitrogens with zero attached hydrogens (tertiary/aromatic N) is 4. The van der Waals surface area contributed by atoms with Gasteiger partial charge in [-0.1, -0.05) is 43.2 Å². The molecule has 0 spiro atoms. The van der Waals surface area contributed by atoms with Crippen LogP contribution in [0.5, 0.6) is 0 Å². The Labute approximate surface area is 199 Å². The topological polar surface area (TPSA) is 41.4 Å². The van der Waals surface area contributed by atoms with Crippen molar-refractivity contribution in [3.05, 3.63) is 52.8 Å². The molecule has 1 aromatic carbocycles. The quantitative estimate of drug-likeness (QED) is 0.618. The van der Waals surface area contributed by atoms with Gasteiger partial charge in [0.2, 0.25) is 5.91 Å². The summed E-state index contributed by atoms with van der Waals surface area (Å²) in [6.45, 7) is 4.02. The summed E-state index contributed by atoms with van der Waals surface area (Å²) in [6.07, 6.45) is 3.13. The molecule has 8 heteroatoms. The van der Waals surface area contributed by atoms with E-state index in [1.807, 2.05) is 11.0 Å². The molecule has 1 fully saturated rings. The highest BCUT2D eigenvalue weighted by Gasteiger charge is 2.39. The van der Waals surface area contributed by atoms with Crippen LogP contribution < -0.4 is 0 Å². The molecule has 2 aromatic rings. The molecule has 34 heavy (non-hydrogen) atoms. The number of aromatic nitrogens is 2. The highest BCUT2D eigenvalue weighted by Crippen LogP contribution is 2.35. The lowest BCUT2D eigenvalue weighted by molar-refractivity contribution is -0.142. The van der Waals surface area contributed by atoms with Crippen LogP contribution in [0.15, 0.2) is 30.3 Å². The van der Waals surface area contributed by atoms with Gasteiger partial charge in [-0.25, -0.2) is 0 Å². The lowest BCUT2D eigenvalue weighted by Crippen LogP contribution is -2.37. The molecule has 0 saturated carbocycles. The first kappa shape index (κ1) is 24.8. The van der Waals surface area contributed by atoms with Gasteiger partial charge in [-0.3, -0.25) is 14.4 Å². The third kappa shape index (κ3) is 6.40. The number of fused-ring (bicyclic) bond motifs is 1. The van der Waals surface area contributed by atoms with Crippen LogP contribution in [0, 0.1) is 0 Å². The largest absolute Gasteiger partial charge is 0.435 e. The molecule has 0 atom stereocenters. The molecule has 1 aromatic heterocycles. The number of halogens is 3. The predicted octanol–water partition coefficient (Wildman–Crippen LogP) is 5.08. The molecule has 1 aliphatic carbocycles. The minimum atomic E-state index is -4.48. The molecule has 1 saturated heterocycles. The van der Waals surface area contributed by atoms with Crippen LogP contribution in [0.1, 0.15) is 67.5 Å². The highest BCUT2D eigenvalue weighted by molar-refractivity contribution is 5.76. The Balaban J connectivity index is 1.42. The molecular weight excluding hydrogens is 441 g/mol. The molecule has 0 radical (unpaired) electrons. The Morgan fingerprint density at radius 3 is 2.29 bits per heavy atom. The number of carbonyl (C=O) groups is 1. The van der Waals surface area contributed by atoms with Crippen molar-refractivity contribution in [3.63, 3.8) is 0 Å². The number of hydrogen-bond donors (Lipinski definition) is 0. The SMILES string of the molecule is O=C(Cn1nc(C(F)(F)F)c2c1CCCC2)N1CCCCCCN(Cc2ccccc2)CCC1. The number of amides is 1. The van der Waals surface area contributed by atoms with Crippen LogP contribution in [0.25, 0.3) is 0 Å². The number of hydrogen-bond acceptors (Lipinski definition) is 3. The summed E-state index contributed by atoms with van der Waals surface area (Å²) in [5.41, 5.74) is 1.37. The maximum absolute atomic E-state index is 13.5. The first-order valence-corrected chi connectivity index (χ1v) is 12.6. The molecule has 0 bridgehead atoms. The van der Waals surface area contributed by atoms with E-state index in [9.17, 15) is 18.0 Å². The number of rotatable bonds is 4. The molecule has 1 amide bonds. The standard InChI is InChI=1S/C26H35F3N4O/c27-26(28,29)25-22-13-6-7-14-23(22)33(30-25)20-24(34)32-17-9-2-1-8-15-31(16-10-18-32)19-21-11-4-3-5-12-21/h3-5,11-12H,1-2,6-10,13-20H2. The van der Waals surface area contributed by atoms with Crippen molar-refractivity contribution in [1.29, 1.82) is 0 Å². The van der Waals surface area contributed by atoms with Crippen molar-refractivity contribution < 1.29 is 18.0 Å². The first-order chi connectivity index (χ1) is 16.4. The summed E-state index contributed by atoms with van der Waals surface area (Å²) in [6, 6.07) is 10.4. The molecule has 5 nitrogen and oxygen atoms in total. The lowest BCUT2D eigenvalue weighted by Gasteiger charge is -2.25. The molecule has 186 valence electrons. The average molecular weight is 477 g/mol. The van der Waals surface area contributed by atoms with Gasteiger partial charge in [0.1, 0.15) is 6.54 Å². The molecule has 0 unspecified atom stereocenters. The van der Waals surface area contributed by atoms with Gasteiger partial charge in [0.25, 0.3) is 0 Å². The lowest BCUT2D eigenvalue weighted by atomic mass is 9.95. The summed E-state index contributed by atoms with van der Waals surface area (Å²) in [4.78, 5) is 17.5. The fourth-order valence-electron chi connectivity index (χ4n) is 5.21. The fourth-order valence-corrected chi connectivity index (χ4v) is 5.21. The molecule has 2 aliphatic rings. The molecule has 4 rings (SSSR count). The summed E-state index contributed by atoms with van der Waals surface area (Å²) in [5, 5.41) is 3.88. The van der Waals surface area contributed by atoms with E-state index < -0.39 is 11.9 Å². The van der Waals surface area contributed by atoms with Crippen molar-refractivity contribution in [1.82, 2.24) is 19.6 Å². The molecule has 2 heterocycles. The normalized spacial score (nSPS) is 18.9. The van der Waals surface area contributed by atoms with Crippen molar-refractivity contribution >= 4 is 5.91 Å². The number of carbonyl (C=O) groups excluding carboxylic acids is 1. The van der Waals surface area contributed by atoms with E-state index in [-0.39, 0.29) is 12.5 Å². The van der Waals surface area contributed by atoms with Crippen LogP contribution in [0.4, 0.5) is 13.2 Å². The predicted molar refractivity (Wildman–Crippen MR) is 125 cm³/mol. The minimum absolute atomic E-state index is 0.105. The van der Waals surface area contributed by atoms with Gasteiger partial charge in [0.15, 0.2) is 5.69 Å². The molecule has 1 aliphatic heterocycles. The second kappa shape index (κ2) is 11.4. The number of alkyl halides is 3. The third-order valence-corrected chi connectivity index (χ3v) is 6.97. The monoisotopic (exact) mass is 476 g/mol. The first-order valence-electron chi connectivity index (χ1n) is 12.6. The maximum atomic E-state index is 13.5. The van der Waals surface area contributed by atoms with Gasteiger partial charge >= 0.3 is 6.18 Å². The van der Waals surface area contributed by atoms with Crippen LogP contribution in [-0.2, 0) is 36.9 Å². The summed E-state index contributed by atoms with van der Waals surface area (Å²) >= 11 is 0.